The highest BCUT2D eigenvalue weighted by molar-refractivity contribution is 6.16. The summed E-state index contributed by atoms with van der Waals surface area (Å²) in [6.07, 6.45) is 2.52. The molecule has 27 rings (SSSR count). The van der Waals surface area contributed by atoms with Crippen LogP contribution in [-0.2, 0) is 10.8 Å². The van der Waals surface area contributed by atoms with Crippen molar-refractivity contribution in [1.82, 2.24) is 72.3 Å². The second-order valence-electron chi connectivity index (χ2n) is 37.7. The number of aromatic nitrogens is 15. The first-order chi connectivity index (χ1) is 67.2. The molecule has 15 heteroatoms. The molecule has 0 N–H and O–H groups in total. The van der Waals surface area contributed by atoms with Crippen molar-refractivity contribution < 1.29 is 0 Å². The smallest absolute Gasteiger partial charge is 0.238 e. The van der Waals surface area contributed by atoms with Crippen molar-refractivity contribution in [2.45, 2.75) is 71.3 Å². The highest BCUT2D eigenvalue weighted by Crippen LogP contribution is 2.47. The van der Waals surface area contributed by atoms with E-state index < -0.39 is 0 Å². The molecule has 1 aliphatic carbocycles. The van der Waals surface area contributed by atoms with Gasteiger partial charge in [0.05, 0.1) is 55.2 Å². The van der Waals surface area contributed by atoms with Gasteiger partial charge in [-0.15, -0.1) is 0 Å². The Bertz CT molecular complexity index is 9050. The average Bonchev–Trinajstić information content (AvgIpc) is 1.58. The number of rotatable bonds is 12. The van der Waals surface area contributed by atoms with E-state index in [1.165, 1.54) is 128 Å². The van der Waals surface area contributed by atoms with Crippen LogP contribution in [0, 0.1) is 0 Å². The topological polar surface area (TPSA) is 146 Å². The highest BCUT2D eigenvalue weighted by Gasteiger charge is 2.31. The molecule has 9 aromatic heterocycles. The van der Waals surface area contributed by atoms with Gasteiger partial charge in [0.1, 0.15) is 11.6 Å². The molecule has 15 nitrogen and oxygen atoms in total. The summed E-state index contributed by atoms with van der Waals surface area (Å²) in [6.45, 7) is 12.9. The van der Waals surface area contributed by atoms with Gasteiger partial charge < -0.3 is 13.7 Å². The SMILES string of the molecule is CC(C)(C)c1nc(-n2c3ccccc3c3cc(-c4ccc5c(c4)c4ccccc4n5-c4ccccc4)ccc32)nc(C(C)(C)C)n1.c1ccc(-c2nc(-c3ccccc3)nc(-n3c4ccccc4c4cc(-c5ccc6c(c5)c5ccccc5n6C5CC5)ccc43)n2)cc1.c1ccc(-c2nc(-c3ccccc3)nc(-n3c4ccccc4c4cc(-n5c6ccccc6c6ccccc65)ccc43)n2)cc1. The molecule has 1 saturated carbocycles. The van der Waals surface area contributed by atoms with Gasteiger partial charge in [-0.1, -0.05) is 333 Å². The monoisotopic (exact) mass is 1770 g/mol. The molecule has 1 aliphatic rings. The maximum Gasteiger partial charge on any atom is 0.238 e. The maximum absolute atomic E-state index is 5.08. The zero-order valence-electron chi connectivity index (χ0n) is 76.5. The lowest BCUT2D eigenvalue weighted by Gasteiger charge is -2.23. The van der Waals surface area contributed by atoms with Crippen LogP contribution in [-0.4, -0.2) is 72.3 Å². The minimum atomic E-state index is -0.216. The van der Waals surface area contributed by atoms with Crippen LogP contribution < -0.4 is 0 Å². The molecule has 0 spiro atoms. The van der Waals surface area contributed by atoms with Crippen LogP contribution in [0.4, 0.5) is 0 Å². The molecule has 26 aromatic rings. The second-order valence-corrected chi connectivity index (χ2v) is 37.7. The minimum absolute atomic E-state index is 0.216. The zero-order chi connectivity index (χ0) is 91.7. The number of hydrogen-bond donors (Lipinski definition) is 0. The third-order valence-electron chi connectivity index (χ3n) is 26.8. The van der Waals surface area contributed by atoms with Crippen molar-refractivity contribution in [3.8, 4) is 97.0 Å². The second kappa shape index (κ2) is 32.8. The Morgan fingerprint density at radius 1 is 0.182 bits per heavy atom. The van der Waals surface area contributed by atoms with E-state index in [4.69, 9.17) is 44.9 Å². The standard InChI is InChI=1S/C42H29N5.C41H37N5.C39H25N5/c1-3-11-27(12-4-1)40-43-41(28-13-5-2-6-14-28)45-42(44-40)47-37-18-10-8-16-33(37)35-26-30(20-24-39(35)47)29-19-23-38-34(25-29)32-15-7-9-17-36(32)46(38)31-21-22-31;1-40(2,3)37-42-38(41(4,5)6)44-39(43-37)46-34-19-13-11-17-30(34)32-25-27(21-23-36(32)46)26-20-22-35-31(24-26)29-16-10-12-18-33(29)45(35)28-14-8-7-9-15-28;1-3-13-26(14-4-1)37-40-38(27-15-5-2-6-16-27)42-39(41-37)44-35-22-12-9-19-31(35)32-25-28(23-24-36(32)44)43-33-20-10-7-17-29(33)30-18-8-11-21-34(30)43/h1-20,23-26,31H,21-22H2;7-25H,1-6H3;1-25H. The molecule has 9 heterocycles. The third kappa shape index (κ3) is 14.3. The van der Waals surface area contributed by atoms with Crippen LogP contribution >= 0.6 is 0 Å². The summed E-state index contributed by atoms with van der Waals surface area (Å²) in [7, 11) is 0. The molecule has 0 bridgehead atoms. The summed E-state index contributed by atoms with van der Waals surface area (Å²) >= 11 is 0. The Hall–Kier alpha value is -17.4. The van der Waals surface area contributed by atoms with Gasteiger partial charge in [-0.05, 0) is 156 Å². The molecule has 137 heavy (non-hydrogen) atoms. The third-order valence-corrected chi connectivity index (χ3v) is 26.8. The van der Waals surface area contributed by atoms with Crippen molar-refractivity contribution in [2.75, 3.05) is 0 Å². The molecule has 0 saturated heterocycles. The van der Waals surface area contributed by atoms with Crippen LogP contribution in [0.5, 0.6) is 0 Å². The van der Waals surface area contributed by atoms with Gasteiger partial charge in [0, 0.05) is 126 Å². The van der Waals surface area contributed by atoms with Crippen molar-refractivity contribution in [2.24, 2.45) is 0 Å². The summed E-state index contributed by atoms with van der Waals surface area (Å²) < 4.78 is 13.8. The van der Waals surface area contributed by atoms with Crippen molar-refractivity contribution in [3.05, 3.63) is 424 Å². The Morgan fingerprint density at radius 2 is 0.416 bits per heavy atom. The largest absolute Gasteiger partial charge is 0.337 e. The number of hydrogen-bond acceptors (Lipinski definition) is 9. The van der Waals surface area contributed by atoms with Gasteiger partial charge in [-0.2, -0.15) is 29.9 Å². The van der Waals surface area contributed by atoms with Crippen LogP contribution in [0.1, 0.15) is 72.1 Å². The van der Waals surface area contributed by atoms with Crippen LogP contribution in [0.3, 0.4) is 0 Å². The first-order valence-corrected chi connectivity index (χ1v) is 46.9. The Labute approximate surface area is 790 Å². The molecule has 0 atom stereocenters. The van der Waals surface area contributed by atoms with E-state index in [9.17, 15) is 0 Å². The minimum Gasteiger partial charge on any atom is -0.337 e. The average molecular weight is 1770 g/mol. The van der Waals surface area contributed by atoms with Gasteiger partial charge in [0.15, 0.2) is 23.3 Å². The number of benzene rings is 17. The normalized spacial score (nSPS) is 12.5. The highest BCUT2D eigenvalue weighted by atomic mass is 15.2. The van der Waals surface area contributed by atoms with Gasteiger partial charge in [0.25, 0.3) is 0 Å². The maximum atomic E-state index is 5.08. The summed E-state index contributed by atoms with van der Waals surface area (Å²) in [6, 6.07) is 146. The van der Waals surface area contributed by atoms with Crippen LogP contribution in [0.2, 0.25) is 0 Å². The summed E-state index contributed by atoms with van der Waals surface area (Å²) in [5.41, 5.74) is 24.2. The zero-order valence-corrected chi connectivity index (χ0v) is 76.5. The Morgan fingerprint density at radius 3 is 0.752 bits per heavy atom. The van der Waals surface area contributed by atoms with Crippen LogP contribution in [0.25, 0.3) is 228 Å². The molecule has 1 fully saturated rings. The first-order valence-electron chi connectivity index (χ1n) is 46.9. The predicted octanol–water partition coefficient (Wildman–Crippen LogP) is 30.1. The number of fused-ring (bicyclic) bond motifs is 18. The molecule has 0 unspecified atom stereocenters. The molecule has 654 valence electrons. The Balaban J connectivity index is 0.000000109. The fourth-order valence-corrected chi connectivity index (χ4v) is 20.1. The van der Waals surface area contributed by atoms with Crippen LogP contribution in [0.15, 0.2) is 413 Å². The quantitative estimate of drug-likeness (QED) is 0.117. The van der Waals surface area contributed by atoms with E-state index in [0.717, 1.165) is 83.5 Å². The first kappa shape index (κ1) is 81.6. The number of para-hydroxylation sites is 8. The van der Waals surface area contributed by atoms with E-state index >= 15 is 0 Å². The summed E-state index contributed by atoms with van der Waals surface area (Å²) in [5.74, 6) is 6.04. The fraction of sp³-hybridized carbons (Fsp3) is 0.0902. The molecular formula is C122H91N15. The van der Waals surface area contributed by atoms with Gasteiger partial charge in [0.2, 0.25) is 17.8 Å². The van der Waals surface area contributed by atoms with Crippen molar-refractivity contribution in [3.63, 3.8) is 0 Å². The van der Waals surface area contributed by atoms with Crippen molar-refractivity contribution >= 4 is 131 Å². The van der Waals surface area contributed by atoms with E-state index in [1.807, 2.05) is 121 Å². The summed E-state index contributed by atoms with van der Waals surface area (Å²) in [4.78, 5) is 45.2. The lowest BCUT2D eigenvalue weighted by atomic mass is 9.93. The predicted molar refractivity (Wildman–Crippen MR) is 562 cm³/mol. The summed E-state index contributed by atoms with van der Waals surface area (Å²) in [5, 5.41) is 14.6. The lowest BCUT2D eigenvalue weighted by molar-refractivity contribution is 0.493. The van der Waals surface area contributed by atoms with Crippen molar-refractivity contribution in [1.29, 1.82) is 0 Å². The fourth-order valence-electron chi connectivity index (χ4n) is 20.1. The molecule has 0 aliphatic heterocycles. The number of nitrogens with zero attached hydrogens (tertiary/aromatic N) is 15. The van der Waals surface area contributed by atoms with Gasteiger partial charge >= 0.3 is 0 Å². The molecule has 0 amide bonds. The Kier molecular flexibility index (Phi) is 19.5. The van der Waals surface area contributed by atoms with Gasteiger partial charge in [-0.3, -0.25) is 13.7 Å². The molecule has 17 aromatic carbocycles. The van der Waals surface area contributed by atoms with Gasteiger partial charge in [-0.25, -0.2) is 15.0 Å². The van der Waals surface area contributed by atoms with E-state index in [1.54, 1.807) is 0 Å². The molecular weight excluding hydrogens is 1680 g/mol. The lowest BCUT2D eigenvalue weighted by Crippen LogP contribution is -2.25. The van der Waals surface area contributed by atoms with E-state index in [0.29, 0.717) is 47.2 Å². The van der Waals surface area contributed by atoms with E-state index in [2.05, 4.69) is 360 Å². The molecule has 0 radical (unpaired) electrons. The van der Waals surface area contributed by atoms with E-state index in [-0.39, 0.29) is 10.8 Å².